The van der Waals surface area contributed by atoms with Crippen LogP contribution in [0.3, 0.4) is 0 Å². The summed E-state index contributed by atoms with van der Waals surface area (Å²) in [6.45, 7) is 3.14. The fraction of sp³-hybridized carbons (Fsp3) is 0.176. The Morgan fingerprint density at radius 3 is 2.92 bits per heavy atom. The van der Waals surface area contributed by atoms with E-state index in [9.17, 15) is 0 Å². The van der Waals surface area contributed by atoms with Crippen LogP contribution in [0.5, 0.6) is 11.5 Å². The predicted octanol–water partition coefficient (Wildman–Crippen LogP) is 3.99. The Morgan fingerprint density at radius 1 is 1.29 bits per heavy atom. The second-order valence-corrected chi connectivity index (χ2v) is 6.12. The Labute approximate surface area is 147 Å². The van der Waals surface area contributed by atoms with Crippen LogP contribution in [0, 0.1) is 0 Å². The van der Waals surface area contributed by atoms with Crippen LogP contribution in [0.4, 0.5) is 5.95 Å². The van der Waals surface area contributed by atoms with E-state index in [-0.39, 0.29) is 6.79 Å². The molecule has 0 atom stereocenters. The summed E-state index contributed by atoms with van der Waals surface area (Å²) in [7, 11) is 0. The van der Waals surface area contributed by atoms with Gasteiger partial charge in [-0.15, -0.1) is 0 Å². The van der Waals surface area contributed by atoms with Crippen LogP contribution < -0.4 is 14.9 Å². The van der Waals surface area contributed by atoms with Crippen molar-refractivity contribution in [2.75, 3.05) is 12.2 Å². The summed E-state index contributed by atoms with van der Waals surface area (Å²) in [5.41, 5.74) is 5.95. The van der Waals surface area contributed by atoms with E-state index >= 15 is 0 Å². The highest BCUT2D eigenvalue weighted by Crippen LogP contribution is 2.36. The zero-order valence-corrected chi connectivity index (χ0v) is 14.6. The number of benzene rings is 2. The molecule has 0 aliphatic carbocycles. The monoisotopic (exact) mass is 386 g/mol. The Kier molecular flexibility index (Phi) is 3.86. The lowest BCUT2D eigenvalue weighted by Crippen LogP contribution is -2.02. The van der Waals surface area contributed by atoms with Crippen LogP contribution in [-0.2, 0) is 6.54 Å². The van der Waals surface area contributed by atoms with Crippen LogP contribution in [-0.4, -0.2) is 22.6 Å². The molecule has 0 fully saturated rings. The number of aromatic nitrogens is 2. The van der Waals surface area contributed by atoms with Crippen molar-refractivity contribution < 1.29 is 9.47 Å². The number of aryl methyl sites for hydroxylation is 1. The topological polar surface area (TPSA) is 60.7 Å². The zero-order chi connectivity index (χ0) is 16.5. The van der Waals surface area contributed by atoms with Gasteiger partial charge in [0.1, 0.15) is 0 Å². The smallest absolute Gasteiger partial charge is 0.231 e. The third-order valence-electron chi connectivity index (χ3n) is 3.83. The molecule has 0 unspecified atom stereocenters. The number of nitrogens with zero attached hydrogens (tertiary/aromatic N) is 3. The number of anilines is 1. The third-order valence-corrected chi connectivity index (χ3v) is 4.52. The number of halogens is 1. The SMILES string of the molecule is CCn1c(N/N=C\c2cc3c(cc2Br)OCO3)nc2ccccc21. The summed E-state index contributed by atoms with van der Waals surface area (Å²) in [4.78, 5) is 4.58. The van der Waals surface area contributed by atoms with E-state index in [2.05, 4.69) is 49.0 Å². The van der Waals surface area contributed by atoms with E-state index in [1.165, 1.54) is 0 Å². The second-order valence-electron chi connectivity index (χ2n) is 5.27. The Hall–Kier alpha value is -2.54. The van der Waals surface area contributed by atoms with Gasteiger partial charge in [-0.3, -0.25) is 0 Å². The second kappa shape index (κ2) is 6.16. The highest BCUT2D eigenvalue weighted by molar-refractivity contribution is 9.10. The van der Waals surface area contributed by atoms with Crippen molar-refractivity contribution in [3.05, 3.63) is 46.4 Å². The number of hydrogen-bond acceptors (Lipinski definition) is 5. The third kappa shape index (κ3) is 2.60. The number of imidazole rings is 1. The van der Waals surface area contributed by atoms with Crippen molar-refractivity contribution in [2.45, 2.75) is 13.5 Å². The van der Waals surface area contributed by atoms with Gasteiger partial charge < -0.3 is 14.0 Å². The molecule has 7 heteroatoms. The summed E-state index contributed by atoms with van der Waals surface area (Å²) in [6.07, 6.45) is 1.73. The number of ether oxygens (including phenoxy) is 2. The summed E-state index contributed by atoms with van der Waals surface area (Å²) >= 11 is 3.52. The fourth-order valence-electron chi connectivity index (χ4n) is 2.67. The minimum atomic E-state index is 0.251. The number of fused-ring (bicyclic) bond motifs is 2. The molecule has 2 aromatic carbocycles. The van der Waals surface area contributed by atoms with E-state index in [0.717, 1.165) is 39.1 Å². The van der Waals surface area contributed by atoms with E-state index in [1.807, 2.05) is 30.3 Å². The van der Waals surface area contributed by atoms with Gasteiger partial charge in [-0.05, 0) is 47.1 Å². The highest BCUT2D eigenvalue weighted by Gasteiger charge is 2.15. The van der Waals surface area contributed by atoms with Crippen molar-refractivity contribution in [1.29, 1.82) is 0 Å². The summed E-state index contributed by atoms with van der Waals surface area (Å²) in [5, 5.41) is 4.32. The van der Waals surface area contributed by atoms with Crippen molar-refractivity contribution in [3.8, 4) is 11.5 Å². The minimum Gasteiger partial charge on any atom is -0.454 e. The lowest BCUT2D eigenvalue weighted by atomic mass is 10.2. The minimum absolute atomic E-state index is 0.251. The molecule has 24 heavy (non-hydrogen) atoms. The van der Waals surface area contributed by atoms with Crippen molar-refractivity contribution >= 4 is 39.1 Å². The highest BCUT2D eigenvalue weighted by atomic mass is 79.9. The number of rotatable bonds is 4. The van der Waals surface area contributed by atoms with Gasteiger partial charge in [0.05, 0.1) is 17.2 Å². The number of hydrazone groups is 1. The molecule has 0 saturated heterocycles. The van der Waals surface area contributed by atoms with Gasteiger partial charge in [-0.25, -0.2) is 10.4 Å². The molecule has 1 aromatic heterocycles. The molecule has 2 heterocycles. The van der Waals surface area contributed by atoms with Gasteiger partial charge in [0, 0.05) is 16.6 Å². The van der Waals surface area contributed by atoms with Gasteiger partial charge in [-0.1, -0.05) is 12.1 Å². The maximum absolute atomic E-state index is 5.39. The Balaban J connectivity index is 1.60. The molecule has 1 aliphatic rings. The molecule has 3 aromatic rings. The van der Waals surface area contributed by atoms with E-state index in [4.69, 9.17) is 9.47 Å². The normalized spacial score (nSPS) is 13.1. The molecular formula is C17H15BrN4O2. The van der Waals surface area contributed by atoms with Gasteiger partial charge in [0.2, 0.25) is 12.7 Å². The molecular weight excluding hydrogens is 372 g/mol. The average molecular weight is 387 g/mol. The zero-order valence-electron chi connectivity index (χ0n) is 13.0. The lowest BCUT2D eigenvalue weighted by molar-refractivity contribution is 0.174. The summed E-state index contributed by atoms with van der Waals surface area (Å²) < 4.78 is 13.7. The van der Waals surface area contributed by atoms with Crippen molar-refractivity contribution in [1.82, 2.24) is 9.55 Å². The molecule has 1 aliphatic heterocycles. The first kappa shape index (κ1) is 15.0. The molecule has 4 rings (SSSR count). The molecule has 6 nitrogen and oxygen atoms in total. The number of para-hydroxylation sites is 2. The van der Waals surface area contributed by atoms with Gasteiger partial charge in [0.15, 0.2) is 11.5 Å². The van der Waals surface area contributed by atoms with E-state index in [1.54, 1.807) is 6.21 Å². The van der Waals surface area contributed by atoms with E-state index in [0.29, 0.717) is 5.95 Å². The van der Waals surface area contributed by atoms with Crippen LogP contribution in [0.2, 0.25) is 0 Å². The van der Waals surface area contributed by atoms with Gasteiger partial charge in [-0.2, -0.15) is 5.10 Å². The molecule has 1 N–H and O–H groups in total. The van der Waals surface area contributed by atoms with Crippen molar-refractivity contribution in [3.63, 3.8) is 0 Å². The van der Waals surface area contributed by atoms with E-state index < -0.39 is 0 Å². The first-order valence-electron chi connectivity index (χ1n) is 7.59. The molecule has 0 radical (unpaired) electrons. The molecule has 0 spiro atoms. The summed E-state index contributed by atoms with van der Waals surface area (Å²) in [6, 6.07) is 11.8. The standard InChI is InChI=1S/C17H15BrN4O2/c1-2-22-14-6-4-3-5-13(14)20-17(22)21-19-9-11-7-15-16(8-12(11)18)24-10-23-15/h3-9H,2,10H2,1H3,(H,20,21)/b19-9-. The van der Waals surface area contributed by atoms with Crippen LogP contribution in [0.1, 0.15) is 12.5 Å². The van der Waals surface area contributed by atoms with Crippen LogP contribution >= 0.6 is 15.9 Å². The maximum Gasteiger partial charge on any atom is 0.231 e. The maximum atomic E-state index is 5.39. The summed E-state index contributed by atoms with van der Waals surface area (Å²) in [5.74, 6) is 2.17. The number of hydrogen-bond donors (Lipinski definition) is 1. The first-order chi connectivity index (χ1) is 11.8. The van der Waals surface area contributed by atoms with Crippen molar-refractivity contribution in [2.24, 2.45) is 5.10 Å². The molecule has 0 bridgehead atoms. The lowest BCUT2D eigenvalue weighted by Gasteiger charge is -2.05. The van der Waals surface area contributed by atoms with Crippen LogP contribution in [0.25, 0.3) is 11.0 Å². The molecule has 0 saturated carbocycles. The molecule has 122 valence electrons. The quantitative estimate of drug-likeness (QED) is 0.543. The first-order valence-corrected chi connectivity index (χ1v) is 8.39. The average Bonchev–Trinajstić information content (AvgIpc) is 3.18. The Morgan fingerprint density at radius 2 is 2.08 bits per heavy atom. The van der Waals surface area contributed by atoms with Gasteiger partial charge >= 0.3 is 0 Å². The fourth-order valence-corrected chi connectivity index (χ4v) is 3.10. The van der Waals surface area contributed by atoms with Crippen LogP contribution in [0.15, 0.2) is 46.0 Å². The van der Waals surface area contributed by atoms with Gasteiger partial charge in [0.25, 0.3) is 0 Å². The molecule has 0 amide bonds. The predicted molar refractivity (Wildman–Crippen MR) is 96.9 cm³/mol. The Bertz CT molecular complexity index is 936. The largest absolute Gasteiger partial charge is 0.454 e. The number of nitrogens with one attached hydrogen (secondary N) is 1.